The molecule has 1 unspecified atom stereocenters. The second kappa shape index (κ2) is 5.19. The number of aromatic nitrogens is 1. The number of nitrogens with zero attached hydrogens (tertiary/aromatic N) is 2. The van der Waals surface area contributed by atoms with Crippen molar-refractivity contribution in [3.05, 3.63) is 22.9 Å². The van der Waals surface area contributed by atoms with Crippen LogP contribution in [0.4, 0.5) is 5.82 Å². The molecule has 1 aromatic heterocycles. The molecule has 1 aromatic rings. The summed E-state index contributed by atoms with van der Waals surface area (Å²) in [6.07, 6.45) is 1.12. The molecule has 1 N–H and O–H groups in total. The van der Waals surface area contributed by atoms with E-state index in [9.17, 15) is 9.90 Å². The lowest BCUT2D eigenvalue weighted by molar-refractivity contribution is 0.0696. The number of hydrogen-bond acceptors (Lipinski definition) is 3. The first kappa shape index (κ1) is 13.8. The van der Waals surface area contributed by atoms with Crippen LogP contribution < -0.4 is 4.90 Å². The summed E-state index contributed by atoms with van der Waals surface area (Å²) in [5.74, 6) is 1.02. The lowest BCUT2D eigenvalue weighted by Gasteiger charge is -2.22. The molecule has 1 saturated heterocycles. The Kier molecular flexibility index (Phi) is 3.78. The zero-order valence-corrected chi connectivity index (χ0v) is 12.1. The Morgan fingerprint density at radius 2 is 2.16 bits per heavy atom. The van der Waals surface area contributed by atoms with Crippen molar-refractivity contribution >= 4 is 11.8 Å². The normalized spacial score (nSPS) is 19.2. The van der Waals surface area contributed by atoms with Gasteiger partial charge in [0, 0.05) is 18.8 Å². The smallest absolute Gasteiger partial charge is 0.339 e. The van der Waals surface area contributed by atoms with Crippen LogP contribution >= 0.6 is 0 Å². The van der Waals surface area contributed by atoms with Gasteiger partial charge in [0.25, 0.3) is 0 Å². The summed E-state index contributed by atoms with van der Waals surface area (Å²) in [5.41, 5.74) is 2.03. The fraction of sp³-hybridized carbons (Fsp3) is 0.600. The van der Waals surface area contributed by atoms with Gasteiger partial charge in [-0.15, -0.1) is 0 Å². The number of carbonyl (C=O) groups is 1. The van der Waals surface area contributed by atoms with Gasteiger partial charge in [0.2, 0.25) is 0 Å². The van der Waals surface area contributed by atoms with Crippen molar-refractivity contribution in [2.75, 3.05) is 18.0 Å². The van der Waals surface area contributed by atoms with Crippen LogP contribution in [-0.2, 0) is 0 Å². The fourth-order valence-corrected chi connectivity index (χ4v) is 2.83. The van der Waals surface area contributed by atoms with E-state index >= 15 is 0 Å². The Bertz CT molecular complexity index is 497. The highest BCUT2D eigenvalue weighted by Gasteiger charge is 2.29. The highest BCUT2D eigenvalue weighted by molar-refractivity contribution is 5.95. The van der Waals surface area contributed by atoms with E-state index in [-0.39, 0.29) is 0 Å². The molecule has 1 atom stereocenters. The van der Waals surface area contributed by atoms with E-state index in [1.165, 1.54) is 0 Å². The van der Waals surface area contributed by atoms with Crippen molar-refractivity contribution < 1.29 is 9.90 Å². The zero-order valence-electron chi connectivity index (χ0n) is 12.1. The van der Waals surface area contributed by atoms with E-state index in [0.717, 1.165) is 30.8 Å². The van der Waals surface area contributed by atoms with E-state index in [4.69, 9.17) is 0 Å². The summed E-state index contributed by atoms with van der Waals surface area (Å²) in [6.45, 7) is 10.0. The molecule has 2 heterocycles. The number of pyridine rings is 1. The minimum Gasteiger partial charge on any atom is -0.478 e. The minimum atomic E-state index is -0.881. The average molecular weight is 262 g/mol. The van der Waals surface area contributed by atoms with Crippen LogP contribution in [0.1, 0.15) is 41.9 Å². The molecule has 2 rings (SSSR count). The van der Waals surface area contributed by atoms with Crippen molar-refractivity contribution in [1.29, 1.82) is 0 Å². The molecule has 0 amide bonds. The lowest BCUT2D eigenvalue weighted by Crippen LogP contribution is -2.25. The third-order valence-electron chi connectivity index (χ3n) is 4.01. The number of aryl methyl sites for hydroxylation is 2. The molecule has 0 bridgehead atoms. The number of aromatic carboxylic acids is 1. The Morgan fingerprint density at radius 3 is 2.68 bits per heavy atom. The molecular formula is C15H22N2O2. The van der Waals surface area contributed by atoms with Gasteiger partial charge in [-0.1, -0.05) is 13.8 Å². The molecule has 0 radical (unpaired) electrons. The Labute approximate surface area is 114 Å². The van der Waals surface area contributed by atoms with Crippen LogP contribution in [-0.4, -0.2) is 29.1 Å². The van der Waals surface area contributed by atoms with Crippen LogP contribution in [0.2, 0.25) is 0 Å². The maximum Gasteiger partial charge on any atom is 0.339 e. The van der Waals surface area contributed by atoms with Gasteiger partial charge >= 0.3 is 5.97 Å². The van der Waals surface area contributed by atoms with Crippen molar-refractivity contribution in [3.63, 3.8) is 0 Å². The van der Waals surface area contributed by atoms with Crippen molar-refractivity contribution in [2.45, 2.75) is 34.1 Å². The van der Waals surface area contributed by atoms with Gasteiger partial charge in [-0.25, -0.2) is 9.78 Å². The predicted octanol–water partition coefficient (Wildman–Crippen LogP) is 2.88. The Balaban J connectivity index is 2.37. The van der Waals surface area contributed by atoms with Gasteiger partial charge < -0.3 is 10.0 Å². The summed E-state index contributed by atoms with van der Waals surface area (Å²) in [4.78, 5) is 18.1. The molecule has 0 saturated carbocycles. The standard InChI is InChI=1S/C15H22N2O2/c1-9(2)12-5-6-17(8-12)14-13(15(18)19)10(3)7-11(4)16-14/h7,9,12H,5-6,8H2,1-4H3,(H,18,19). The molecule has 1 fully saturated rings. The van der Waals surface area contributed by atoms with Crippen LogP contribution in [0.5, 0.6) is 0 Å². The molecule has 4 nitrogen and oxygen atoms in total. The molecule has 1 aliphatic heterocycles. The quantitative estimate of drug-likeness (QED) is 0.910. The maximum atomic E-state index is 11.5. The molecule has 1 aliphatic rings. The van der Waals surface area contributed by atoms with Crippen molar-refractivity contribution in [2.24, 2.45) is 11.8 Å². The van der Waals surface area contributed by atoms with E-state index in [2.05, 4.69) is 23.7 Å². The van der Waals surface area contributed by atoms with Gasteiger partial charge in [-0.05, 0) is 43.7 Å². The molecule has 104 valence electrons. The second-order valence-electron chi connectivity index (χ2n) is 5.82. The number of anilines is 1. The summed E-state index contributed by atoms with van der Waals surface area (Å²) < 4.78 is 0. The van der Waals surface area contributed by atoms with E-state index in [1.807, 2.05) is 19.9 Å². The van der Waals surface area contributed by atoms with Crippen LogP contribution in [0.25, 0.3) is 0 Å². The van der Waals surface area contributed by atoms with Crippen molar-refractivity contribution in [1.82, 2.24) is 4.98 Å². The van der Waals surface area contributed by atoms with Crippen LogP contribution in [0, 0.1) is 25.7 Å². The number of rotatable bonds is 3. The molecule has 0 aromatic carbocycles. The highest BCUT2D eigenvalue weighted by atomic mass is 16.4. The summed E-state index contributed by atoms with van der Waals surface area (Å²) in [6, 6.07) is 1.84. The zero-order chi connectivity index (χ0) is 14.2. The van der Waals surface area contributed by atoms with Gasteiger partial charge in [0.15, 0.2) is 0 Å². The van der Waals surface area contributed by atoms with Gasteiger partial charge in [0.1, 0.15) is 11.4 Å². The van der Waals surface area contributed by atoms with Crippen molar-refractivity contribution in [3.8, 4) is 0 Å². The summed E-state index contributed by atoms with van der Waals surface area (Å²) in [5, 5.41) is 9.41. The molecule has 0 aliphatic carbocycles. The SMILES string of the molecule is Cc1cc(C)c(C(=O)O)c(N2CCC(C(C)C)C2)n1. The minimum absolute atomic E-state index is 0.356. The maximum absolute atomic E-state index is 11.5. The molecule has 4 heteroatoms. The van der Waals surface area contributed by atoms with Crippen LogP contribution in [0.3, 0.4) is 0 Å². The molecular weight excluding hydrogens is 240 g/mol. The van der Waals surface area contributed by atoms with Crippen LogP contribution in [0.15, 0.2) is 6.07 Å². The van der Waals surface area contributed by atoms with Gasteiger partial charge in [0.05, 0.1) is 0 Å². The first-order chi connectivity index (χ1) is 8.90. The fourth-order valence-electron chi connectivity index (χ4n) is 2.83. The summed E-state index contributed by atoms with van der Waals surface area (Å²) >= 11 is 0. The summed E-state index contributed by atoms with van der Waals surface area (Å²) in [7, 11) is 0. The first-order valence-electron chi connectivity index (χ1n) is 6.86. The number of hydrogen-bond donors (Lipinski definition) is 1. The number of carboxylic acid groups (broad SMARTS) is 1. The molecule has 0 spiro atoms. The third-order valence-corrected chi connectivity index (χ3v) is 4.01. The third kappa shape index (κ3) is 2.72. The van der Waals surface area contributed by atoms with Gasteiger partial charge in [-0.2, -0.15) is 0 Å². The molecule has 19 heavy (non-hydrogen) atoms. The monoisotopic (exact) mass is 262 g/mol. The largest absolute Gasteiger partial charge is 0.478 e. The predicted molar refractivity (Wildman–Crippen MR) is 75.8 cm³/mol. The first-order valence-corrected chi connectivity index (χ1v) is 6.86. The highest BCUT2D eigenvalue weighted by Crippen LogP contribution is 2.30. The number of carboxylic acids is 1. The second-order valence-corrected chi connectivity index (χ2v) is 5.82. The van der Waals surface area contributed by atoms with Gasteiger partial charge in [-0.3, -0.25) is 0 Å². The van der Waals surface area contributed by atoms with E-state index < -0.39 is 5.97 Å². The van der Waals surface area contributed by atoms with E-state index in [0.29, 0.717) is 23.2 Å². The Morgan fingerprint density at radius 1 is 1.47 bits per heavy atom. The Hall–Kier alpha value is -1.58. The average Bonchev–Trinajstić information content (AvgIpc) is 2.76. The topological polar surface area (TPSA) is 53.4 Å². The van der Waals surface area contributed by atoms with E-state index in [1.54, 1.807) is 0 Å². The lowest BCUT2D eigenvalue weighted by atomic mass is 9.95.